The number of rotatable bonds is 37. The predicted octanol–water partition coefficient (Wildman–Crippen LogP) is 11.1. The van der Waals surface area contributed by atoms with Crippen LogP contribution in [0.1, 0.15) is 123 Å². The van der Waals surface area contributed by atoms with Crippen LogP contribution in [0.15, 0.2) is 122 Å². The van der Waals surface area contributed by atoms with Gasteiger partial charge in [0, 0.05) is 19.4 Å². The van der Waals surface area contributed by atoms with Gasteiger partial charge >= 0.3 is 19.8 Å². The lowest BCUT2D eigenvalue weighted by Gasteiger charge is -2.20. The average Bonchev–Trinajstić information content (AvgIpc) is 3.21. The van der Waals surface area contributed by atoms with E-state index in [9.17, 15) is 24.2 Å². The second-order valence-corrected chi connectivity index (χ2v) is 14.8. The molecule has 3 atom stereocenters. The minimum atomic E-state index is -4.47. The number of phosphoric acid groups is 1. The molecular weight excluding hydrogens is 753 g/mol. The molecule has 2 unspecified atom stereocenters. The van der Waals surface area contributed by atoms with E-state index in [4.69, 9.17) is 24.3 Å². The van der Waals surface area contributed by atoms with Gasteiger partial charge in [-0.3, -0.25) is 18.6 Å². The Balaban J connectivity index is 4.54. The molecular formula is C47H74NO9P. The normalized spacial score (nSPS) is 15.1. The molecule has 10 nitrogen and oxygen atoms in total. The highest BCUT2D eigenvalue weighted by molar-refractivity contribution is 7.47. The van der Waals surface area contributed by atoms with Gasteiger partial charge in [0.15, 0.2) is 6.10 Å². The van der Waals surface area contributed by atoms with Gasteiger partial charge < -0.3 is 25.2 Å². The summed E-state index contributed by atoms with van der Waals surface area (Å²) in [5.41, 5.74) is 5.33. The summed E-state index contributed by atoms with van der Waals surface area (Å²) < 4.78 is 32.5. The Morgan fingerprint density at radius 3 is 1.67 bits per heavy atom. The van der Waals surface area contributed by atoms with Gasteiger partial charge in [-0.15, -0.1) is 0 Å². The van der Waals surface area contributed by atoms with E-state index in [1.165, 1.54) is 19.3 Å². The van der Waals surface area contributed by atoms with Crippen molar-refractivity contribution < 1.29 is 42.7 Å². The third kappa shape index (κ3) is 40.6. The van der Waals surface area contributed by atoms with Crippen molar-refractivity contribution in [3.63, 3.8) is 0 Å². The van der Waals surface area contributed by atoms with Crippen LogP contribution in [0.2, 0.25) is 0 Å². The summed E-state index contributed by atoms with van der Waals surface area (Å²) in [7, 11) is -4.47. The molecule has 0 saturated carbocycles. The van der Waals surface area contributed by atoms with E-state index in [-0.39, 0.29) is 39.0 Å². The lowest BCUT2D eigenvalue weighted by atomic mass is 10.2. The number of carbonyl (C=O) groups is 2. The Labute approximate surface area is 350 Å². The maximum atomic E-state index is 12.6. The summed E-state index contributed by atoms with van der Waals surface area (Å²) in [6.45, 7) is 3.21. The second-order valence-electron chi connectivity index (χ2n) is 13.3. The summed E-state index contributed by atoms with van der Waals surface area (Å²) in [6, 6.07) is 0. The number of ether oxygens (including phenoxy) is 2. The number of allylic oxidation sites excluding steroid dienone is 19. The van der Waals surface area contributed by atoms with Gasteiger partial charge in [0.1, 0.15) is 6.61 Å². The zero-order valence-electron chi connectivity index (χ0n) is 35.3. The van der Waals surface area contributed by atoms with Crippen LogP contribution in [0.4, 0.5) is 0 Å². The first-order valence-corrected chi connectivity index (χ1v) is 22.6. The van der Waals surface area contributed by atoms with Gasteiger partial charge in [-0.05, 0) is 83.5 Å². The van der Waals surface area contributed by atoms with Crippen LogP contribution < -0.4 is 5.73 Å². The van der Waals surface area contributed by atoms with Crippen molar-refractivity contribution in [2.24, 2.45) is 5.73 Å². The monoisotopic (exact) mass is 828 g/mol. The number of hydrogen-bond acceptors (Lipinski definition) is 9. The number of esters is 2. The summed E-state index contributed by atoms with van der Waals surface area (Å²) in [6.07, 6.45) is 52.8. The molecule has 58 heavy (non-hydrogen) atoms. The molecule has 0 aliphatic carbocycles. The molecule has 0 rings (SSSR count). The fraction of sp³-hybridized carbons (Fsp3) is 0.532. The summed E-state index contributed by atoms with van der Waals surface area (Å²) >= 11 is 0. The summed E-state index contributed by atoms with van der Waals surface area (Å²) in [5.74, 6) is -1.19. The highest BCUT2D eigenvalue weighted by Gasteiger charge is 2.26. The molecule has 0 aliphatic heterocycles. The highest BCUT2D eigenvalue weighted by Crippen LogP contribution is 2.43. The van der Waals surface area contributed by atoms with Crippen molar-refractivity contribution in [3.8, 4) is 0 Å². The molecule has 0 aromatic carbocycles. The molecule has 326 valence electrons. The van der Waals surface area contributed by atoms with Gasteiger partial charge in [-0.1, -0.05) is 148 Å². The number of phosphoric ester groups is 1. The largest absolute Gasteiger partial charge is 0.472 e. The molecule has 4 N–H and O–H groups in total. The Morgan fingerprint density at radius 1 is 0.621 bits per heavy atom. The number of hydrogen-bond donors (Lipinski definition) is 3. The van der Waals surface area contributed by atoms with Gasteiger partial charge in [-0.2, -0.15) is 0 Å². The fourth-order valence-electron chi connectivity index (χ4n) is 4.79. The van der Waals surface area contributed by atoms with Gasteiger partial charge in [0.2, 0.25) is 0 Å². The zero-order valence-corrected chi connectivity index (χ0v) is 36.2. The molecule has 0 fully saturated rings. The van der Waals surface area contributed by atoms with E-state index in [0.29, 0.717) is 12.8 Å². The Kier molecular flexibility index (Phi) is 38.9. The van der Waals surface area contributed by atoms with Gasteiger partial charge in [0.05, 0.1) is 19.3 Å². The van der Waals surface area contributed by atoms with Crippen LogP contribution in [0.5, 0.6) is 0 Å². The summed E-state index contributed by atoms with van der Waals surface area (Å²) in [4.78, 5) is 34.8. The lowest BCUT2D eigenvalue weighted by molar-refractivity contribution is -0.161. The SMILES string of the molecule is CC/C=C\C/C=C\C/C=C\C/C=C\C/C=C\C=C/C(O)CCC(=O)O[C@H](COC(=O)CCC/C=C\C/C=C\C/C=C\C/C=C\CCCCC)COP(=O)(O)OCCN. The number of aliphatic hydroxyl groups excluding tert-OH is 1. The van der Waals surface area contributed by atoms with Crippen molar-refractivity contribution in [3.05, 3.63) is 122 Å². The second kappa shape index (κ2) is 41.5. The van der Waals surface area contributed by atoms with Crippen LogP contribution in [0.25, 0.3) is 0 Å². The van der Waals surface area contributed by atoms with E-state index in [1.807, 2.05) is 18.2 Å². The van der Waals surface area contributed by atoms with Crippen LogP contribution in [0, 0.1) is 0 Å². The average molecular weight is 828 g/mol. The van der Waals surface area contributed by atoms with Crippen LogP contribution in [-0.4, -0.2) is 60.5 Å². The topological polar surface area (TPSA) is 155 Å². The van der Waals surface area contributed by atoms with E-state index >= 15 is 0 Å². The molecule has 0 aliphatic rings. The number of nitrogens with two attached hydrogens (primary N) is 1. The first-order chi connectivity index (χ1) is 28.2. The van der Waals surface area contributed by atoms with E-state index in [2.05, 4.69) is 105 Å². The van der Waals surface area contributed by atoms with Crippen molar-refractivity contribution in [2.45, 2.75) is 135 Å². The molecule has 0 saturated heterocycles. The number of aliphatic hydroxyl groups is 1. The summed E-state index contributed by atoms with van der Waals surface area (Å²) in [5, 5.41) is 10.3. The maximum Gasteiger partial charge on any atom is 0.472 e. The molecule has 0 bridgehead atoms. The third-order valence-corrected chi connectivity index (χ3v) is 8.93. The molecule has 0 radical (unpaired) electrons. The quantitative estimate of drug-likeness (QED) is 0.0181. The highest BCUT2D eigenvalue weighted by atomic mass is 31.2. The van der Waals surface area contributed by atoms with Crippen LogP contribution >= 0.6 is 7.82 Å². The molecule has 0 heterocycles. The molecule has 11 heteroatoms. The lowest BCUT2D eigenvalue weighted by Crippen LogP contribution is -2.30. The fourth-order valence-corrected chi connectivity index (χ4v) is 5.56. The predicted molar refractivity (Wildman–Crippen MR) is 239 cm³/mol. The van der Waals surface area contributed by atoms with E-state index in [0.717, 1.165) is 57.8 Å². The standard InChI is InChI=1S/C47H74NO9P/c1-3-5-7-9-11-13-15-17-19-21-23-25-27-29-31-33-35-37-46(50)54-42-45(43-56-58(52,53)55-41-40-48)57-47(51)39-38-44(49)36-34-32-30-28-26-24-22-20-18-16-14-12-10-8-6-4-2/h6,8,11-14,17-20,23-26,29-32,34,36,44-45,49H,3-5,7,9-10,15-16,21-22,27-28,33,35,37-43,48H2,1-2H3,(H,52,53)/b8-6-,13-11-,14-12-,19-17-,20-18-,25-23-,26-24-,31-29-,32-30-,36-34-/t44?,45-/m1/s1. The molecule has 0 aromatic rings. The minimum absolute atomic E-state index is 0.00283. The first-order valence-electron chi connectivity index (χ1n) is 21.1. The maximum absolute atomic E-state index is 12.6. The third-order valence-electron chi connectivity index (χ3n) is 7.95. The smallest absolute Gasteiger partial charge is 0.462 e. The molecule has 0 spiro atoms. The van der Waals surface area contributed by atoms with Crippen molar-refractivity contribution in [2.75, 3.05) is 26.4 Å². The van der Waals surface area contributed by atoms with Crippen molar-refractivity contribution in [1.29, 1.82) is 0 Å². The number of unbranched alkanes of at least 4 members (excludes halogenated alkanes) is 4. The Morgan fingerprint density at radius 2 is 1.14 bits per heavy atom. The van der Waals surface area contributed by atoms with Gasteiger partial charge in [0.25, 0.3) is 0 Å². The Hall–Kier alpha value is -3.63. The van der Waals surface area contributed by atoms with E-state index < -0.39 is 38.6 Å². The Bertz CT molecular complexity index is 1370. The molecule has 0 aromatic heterocycles. The van der Waals surface area contributed by atoms with E-state index in [1.54, 1.807) is 12.2 Å². The molecule has 0 amide bonds. The van der Waals surface area contributed by atoms with Crippen molar-refractivity contribution in [1.82, 2.24) is 0 Å². The van der Waals surface area contributed by atoms with Gasteiger partial charge in [-0.25, -0.2) is 4.57 Å². The minimum Gasteiger partial charge on any atom is -0.462 e. The van der Waals surface area contributed by atoms with Crippen LogP contribution in [0.3, 0.4) is 0 Å². The number of carbonyl (C=O) groups excluding carboxylic acids is 2. The van der Waals surface area contributed by atoms with Crippen LogP contribution in [-0.2, 0) is 32.7 Å². The van der Waals surface area contributed by atoms with Crippen molar-refractivity contribution >= 4 is 19.8 Å². The zero-order chi connectivity index (χ0) is 42.6. The first kappa shape index (κ1) is 54.4.